The number of amides is 3. The van der Waals surface area contributed by atoms with Gasteiger partial charge in [-0.2, -0.15) is 0 Å². The van der Waals surface area contributed by atoms with Crippen LogP contribution in [0.5, 0.6) is 0 Å². The Kier molecular flexibility index (Phi) is 7.05. The van der Waals surface area contributed by atoms with E-state index in [-0.39, 0.29) is 6.04 Å². The van der Waals surface area contributed by atoms with E-state index < -0.39 is 42.4 Å². The van der Waals surface area contributed by atoms with Gasteiger partial charge in [0, 0.05) is 6.04 Å². The van der Waals surface area contributed by atoms with Crippen molar-refractivity contribution in [3.63, 3.8) is 0 Å². The van der Waals surface area contributed by atoms with Gasteiger partial charge in [0.15, 0.2) is 0 Å². The lowest BCUT2D eigenvalue weighted by Gasteiger charge is -2.18. The van der Waals surface area contributed by atoms with Crippen LogP contribution in [0.15, 0.2) is 0 Å². The summed E-state index contributed by atoms with van der Waals surface area (Å²) in [5, 5.41) is 24.0. The average molecular weight is 289 g/mol. The van der Waals surface area contributed by atoms with Crippen molar-refractivity contribution in [2.45, 2.75) is 45.3 Å². The minimum atomic E-state index is -1.56. The van der Waals surface area contributed by atoms with Crippen molar-refractivity contribution < 1.29 is 29.4 Å². The summed E-state index contributed by atoms with van der Waals surface area (Å²) in [4.78, 5) is 44.2. The van der Waals surface area contributed by atoms with Crippen molar-refractivity contribution in [3.8, 4) is 0 Å². The van der Waals surface area contributed by atoms with E-state index in [4.69, 9.17) is 10.2 Å². The summed E-state index contributed by atoms with van der Waals surface area (Å²) in [6.07, 6.45) is -0.755. The maximum absolute atomic E-state index is 11.5. The third kappa shape index (κ3) is 7.19. The molecule has 0 bridgehead atoms. The monoisotopic (exact) mass is 289 g/mol. The predicted octanol–water partition coefficient (Wildman–Crippen LogP) is -0.873. The van der Waals surface area contributed by atoms with Crippen LogP contribution in [-0.4, -0.2) is 52.2 Å². The van der Waals surface area contributed by atoms with Gasteiger partial charge >= 0.3 is 18.0 Å². The number of rotatable bonds is 7. The molecule has 0 rings (SSSR count). The van der Waals surface area contributed by atoms with Crippen molar-refractivity contribution >= 4 is 23.9 Å². The maximum Gasteiger partial charge on any atom is 0.326 e. The summed E-state index contributed by atoms with van der Waals surface area (Å²) in [6.45, 7) is 4.92. The highest BCUT2D eigenvalue weighted by molar-refractivity contribution is 5.89. The topological polar surface area (TPSA) is 145 Å². The molecule has 0 aliphatic carbocycles. The van der Waals surface area contributed by atoms with E-state index in [1.54, 1.807) is 13.8 Å². The van der Waals surface area contributed by atoms with Crippen molar-refractivity contribution in [2.24, 2.45) is 0 Å². The fraction of sp³-hybridized carbons (Fsp3) is 0.636. The zero-order valence-corrected chi connectivity index (χ0v) is 11.5. The average Bonchev–Trinajstić information content (AvgIpc) is 2.25. The molecular weight excluding hydrogens is 270 g/mol. The first-order valence-corrected chi connectivity index (χ1v) is 5.95. The molecule has 9 heteroatoms. The lowest BCUT2D eigenvalue weighted by Crippen LogP contribution is -2.53. The molecular formula is C11H19N3O6. The van der Waals surface area contributed by atoms with Crippen LogP contribution < -0.4 is 16.0 Å². The van der Waals surface area contributed by atoms with E-state index >= 15 is 0 Å². The Balaban J connectivity index is 4.42. The minimum Gasteiger partial charge on any atom is -0.481 e. The number of carbonyl (C=O) groups is 4. The second kappa shape index (κ2) is 7.97. The van der Waals surface area contributed by atoms with Crippen LogP contribution in [0.3, 0.4) is 0 Å². The summed E-state index contributed by atoms with van der Waals surface area (Å²) in [5.74, 6) is -3.26. The van der Waals surface area contributed by atoms with E-state index in [9.17, 15) is 19.2 Å². The number of aliphatic carboxylic acids is 2. The highest BCUT2D eigenvalue weighted by Crippen LogP contribution is 1.93. The molecule has 0 aromatic rings. The normalized spacial score (nSPS) is 13.2. The van der Waals surface area contributed by atoms with Gasteiger partial charge in [-0.15, -0.1) is 0 Å². The first-order chi connectivity index (χ1) is 9.13. The fourth-order valence-corrected chi connectivity index (χ4v) is 1.25. The molecule has 1 unspecified atom stereocenters. The number of urea groups is 1. The number of nitrogens with one attached hydrogen (secondary N) is 3. The van der Waals surface area contributed by atoms with Gasteiger partial charge in [0.2, 0.25) is 5.91 Å². The second-order valence-corrected chi connectivity index (χ2v) is 4.49. The van der Waals surface area contributed by atoms with Gasteiger partial charge in [0.25, 0.3) is 0 Å². The quantitative estimate of drug-likeness (QED) is 0.412. The number of carboxylic acid groups (broad SMARTS) is 2. The minimum absolute atomic E-state index is 0.103. The van der Waals surface area contributed by atoms with Crippen LogP contribution in [0.25, 0.3) is 0 Å². The zero-order valence-electron chi connectivity index (χ0n) is 11.5. The molecule has 20 heavy (non-hydrogen) atoms. The highest BCUT2D eigenvalue weighted by atomic mass is 16.4. The highest BCUT2D eigenvalue weighted by Gasteiger charge is 2.24. The first-order valence-electron chi connectivity index (χ1n) is 5.95. The third-order valence-corrected chi connectivity index (χ3v) is 2.15. The van der Waals surface area contributed by atoms with Gasteiger partial charge in [-0.05, 0) is 20.8 Å². The molecule has 3 amide bonds. The summed E-state index contributed by atoms with van der Waals surface area (Å²) in [6, 6.07) is -3.47. The number of hydrogen-bond acceptors (Lipinski definition) is 4. The van der Waals surface area contributed by atoms with Crippen LogP contribution in [0.1, 0.15) is 27.2 Å². The molecule has 0 aromatic carbocycles. The molecule has 9 nitrogen and oxygen atoms in total. The van der Waals surface area contributed by atoms with Crippen molar-refractivity contribution in [1.29, 1.82) is 0 Å². The molecule has 0 aliphatic rings. The van der Waals surface area contributed by atoms with E-state index in [1.165, 1.54) is 6.92 Å². The van der Waals surface area contributed by atoms with Gasteiger partial charge in [-0.25, -0.2) is 9.59 Å². The molecule has 0 radical (unpaired) electrons. The summed E-state index contributed by atoms with van der Waals surface area (Å²) in [5.41, 5.74) is 0. The van der Waals surface area contributed by atoms with E-state index in [0.717, 1.165) is 0 Å². The van der Waals surface area contributed by atoms with E-state index in [0.29, 0.717) is 0 Å². The van der Waals surface area contributed by atoms with Gasteiger partial charge < -0.3 is 26.2 Å². The number of carboxylic acids is 2. The molecule has 2 atom stereocenters. The first kappa shape index (κ1) is 17.7. The SMILES string of the molecule is CC(C)NC(=O)C(C)NC(=O)N[C@@H](CC(=O)O)C(=O)O. The largest absolute Gasteiger partial charge is 0.481 e. The number of carbonyl (C=O) groups excluding carboxylic acids is 2. The maximum atomic E-state index is 11.5. The van der Waals surface area contributed by atoms with Crippen molar-refractivity contribution in [2.75, 3.05) is 0 Å². The lowest BCUT2D eigenvalue weighted by atomic mass is 10.2. The smallest absolute Gasteiger partial charge is 0.326 e. The van der Waals surface area contributed by atoms with Gasteiger partial charge in [-0.1, -0.05) is 0 Å². The van der Waals surface area contributed by atoms with Crippen LogP contribution >= 0.6 is 0 Å². The van der Waals surface area contributed by atoms with Gasteiger partial charge in [0.1, 0.15) is 12.1 Å². The molecule has 0 spiro atoms. The predicted molar refractivity (Wildman–Crippen MR) is 68.1 cm³/mol. The Morgan fingerprint density at radius 2 is 1.50 bits per heavy atom. The second-order valence-electron chi connectivity index (χ2n) is 4.49. The Hall–Kier alpha value is -2.32. The molecule has 0 aromatic heterocycles. The van der Waals surface area contributed by atoms with Crippen molar-refractivity contribution in [3.05, 3.63) is 0 Å². The lowest BCUT2D eigenvalue weighted by molar-refractivity contribution is -0.145. The molecule has 5 N–H and O–H groups in total. The van der Waals surface area contributed by atoms with Crippen LogP contribution in [0, 0.1) is 0 Å². The zero-order chi connectivity index (χ0) is 15.9. The molecule has 114 valence electrons. The van der Waals surface area contributed by atoms with Crippen molar-refractivity contribution in [1.82, 2.24) is 16.0 Å². The summed E-state index contributed by atoms with van der Waals surface area (Å²) < 4.78 is 0. The fourth-order valence-electron chi connectivity index (χ4n) is 1.25. The van der Waals surface area contributed by atoms with Gasteiger partial charge in [0.05, 0.1) is 6.42 Å². The summed E-state index contributed by atoms with van der Waals surface area (Å²) in [7, 11) is 0. The molecule has 0 heterocycles. The Morgan fingerprint density at radius 1 is 0.950 bits per heavy atom. The molecule has 0 aliphatic heterocycles. The molecule has 0 fully saturated rings. The Morgan fingerprint density at radius 3 is 1.90 bits per heavy atom. The summed E-state index contributed by atoms with van der Waals surface area (Å²) >= 11 is 0. The molecule has 0 saturated heterocycles. The Labute approximate surface area is 115 Å². The molecule has 0 saturated carbocycles. The third-order valence-electron chi connectivity index (χ3n) is 2.15. The van der Waals surface area contributed by atoms with Crippen LogP contribution in [0.4, 0.5) is 4.79 Å². The standard InChI is InChI=1S/C11H19N3O6/c1-5(2)12-9(17)6(3)13-11(20)14-7(10(18)19)4-8(15)16/h5-7H,4H2,1-3H3,(H,12,17)(H,15,16)(H,18,19)(H2,13,14,20)/t6?,7-/m0/s1. The van der Waals surface area contributed by atoms with Crippen LogP contribution in [0.2, 0.25) is 0 Å². The number of hydrogen-bond donors (Lipinski definition) is 5. The van der Waals surface area contributed by atoms with E-state index in [1.807, 2.05) is 5.32 Å². The Bertz CT molecular complexity index is 396. The van der Waals surface area contributed by atoms with E-state index in [2.05, 4.69) is 10.6 Å². The van der Waals surface area contributed by atoms with Crippen LogP contribution in [-0.2, 0) is 14.4 Å². The van der Waals surface area contributed by atoms with Gasteiger partial charge in [-0.3, -0.25) is 9.59 Å².